The summed E-state index contributed by atoms with van der Waals surface area (Å²) in [5.41, 5.74) is 1.22. The summed E-state index contributed by atoms with van der Waals surface area (Å²) in [6, 6.07) is 8.66. The Kier molecular flexibility index (Phi) is 8.97. The normalized spacial score (nSPS) is 27.1. The molecule has 0 unspecified atom stereocenters. The third-order valence-electron chi connectivity index (χ3n) is 6.34. The lowest BCUT2D eigenvalue weighted by molar-refractivity contribution is -0.0755. The van der Waals surface area contributed by atoms with Gasteiger partial charge in [0.05, 0.1) is 18.5 Å². The van der Waals surface area contributed by atoms with Gasteiger partial charge in [-0.3, -0.25) is 4.90 Å². The molecule has 4 rings (SSSR count). The zero-order chi connectivity index (χ0) is 22.0. The molecule has 2 atom stereocenters. The molecule has 10 heteroatoms. The molecule has 1 aliphatic heterocycles. The van der Waals surface area contributed by atoms with Gasteiger partial charge in [0, 0.05) is 35.8 Å². The van der Waals surface area contributed by atoms with Crippen LogP contribution in [0.3, 0.4) is 0 Å². The summed E-state index contributed by atoms with van der Waals surface area (Å²) in [5.74, 6) is 0.571. The van der Waals surface area contributed by atoms with E-state index in [0.29, 0.717) is 25.1 Å². The second-order valence-electron chi connectivity index (χ2n) is 8.89. The Labute approximate surface area is 206 Å². The number of benzene rings is 1. The standard InChI is InChI=1S/C22H30ClN3O3S2.ClH/c1-15-24-25-22(30-15)17-5-9-19(10-6-17)26-12-21(14-31(2,27)28)29-13-20(26)11-16-3-7-18(23)8-4-16;/h3-4,7-8,17,19-21H,5-6,9-14H2,1-2H3;1H/t17?,19?,20-,21+;/m0./s1. The first-order valence-electron chi connectivity index (χ1n) is 10.9. The van der Waals surface area contributed by atoms with E-state index in [4.69, 9.17) is 16.3 Å². The van der Waals surface area contributed by atoms with Gasteiger partial charge in [-0.05, 0) is 56.7 Å². The fourth-order valence-corrected chi connectivity index (χ4v) is 6.74. The molecule has 2 aromatic rings. The largest absolute Gasteiger partial charge is 0.374 e. The van der Waals surface area contributed by atoms with E-state index in [-0.39, 0.29) is 30.3 Å². The lowest BCUT2D eigenvalue weighted by atomic mass is 9.84. The monoisotopic (exact) mass is 519 g/mol. The highest BCUT2D eigenvalue weighted by Crippen LogP contribution is 2.37. The van der Waals surface area contributed by atoms with Gasteiger partial charge in [0.1, 0.15) is 19.9 Å². The van der Waals surface area contributed by atoms with Crippen LogP contribution in [0.1, 0.15) is 47.2 Å². The molecule has 0 radical (unpaired) electrons. The molecule has 0 spiro atoms. The zero-order valence-electron chi connectivity index (χ0n) is 18.4. The molecule has 1 aromatic heterocycles. The van der Waals surface area contributed by atoms with Gasteiger partial charge < -0.3 is 4.74 Å². The number of hydrogen-bond donors (Lipinski definition) is 0. The molecule has 1 aromatic carbocycles. The second kappa shape index (κ2) is 11.1. The number of halogens is 2. The molecular weight excluding hydrogens is 489 g/mol. The maximum atomic E-state index is 11.9. The first-order chi connectivity index (χ1) is 14.8. The van der Waals surface area contributed by atoms with E-state index < -0.39 is 9.84 Å². The van der Waals surface area contributed by atoms with E-state index in [0.717, 1.165) is 47.1 Å². The van der Waals surface area contributed by atoms with Gasteiger partial charge in [0.2, 0.25) is 0 Å². The topological polar surface area (TPSA) is 72.4 Å². The van der Waals surface area contributed by atoms with Crippen molar-refractivity contribution in [2.24, 2.45) is 0 Å². The predicted octanol–water partition coefficient (Wildman–Crippen LogP) is 4.30. The summed E-state index contributed by atoms with van der Waals surface area (Å²) in [6.45, 7) is 3.22. The third kappa shape index (κ3) is 6.87. The van der Waals surface area contributed by atoms with Crippen molar-refractivity contribution < 1.29 is 13.2 Å². The highest BCUT2D eigenvalue weighted by Gasteiger charge is 2.37. The Morgan fingerprint density at radius 3 is 2.44 bits per heavy atom. The van der Waals surface area contributed by atoms with Crippen LogP contribution in [-0.2, 0) is 21.0 Å². The lowest BCUT2D eigenvalue weighted by Crippen LogP contribution is -2.56. The molecule has 2 fully saturated rings. The molecule has 0 amide bonds. The number of ether oxygens (including phenoxy) is 1. The first-order valence-corrected chi connectivity index (χ1v) is 14.1. The van der Waals surface area contributed by atoms with Crippen molar-refractivity contribution in [1.82, 2.24) is 15.1 Å². The average Bonchev–Trinajstić information content (AvgIpc) is 3.16. The van der Waals surface area contributed by atoms with E-state index in [1.54, 1.807) is 11.3 Å². The van der Waals surface area contributed by atoms with E-state index >= 15 is 0 Å². The predicted molar refractivity (Wildman–Crippen MR) is 132 cm³/mol. The summed E-state index contributed by atoms with van der Waals surface area (Å²) in [5, 5.41) is 11.5. The van der Waals surface area contributed by atoms with E-state index in [2.05, 4.69) is 27.2 Å². The van der Waals surface area contributed by atoms with Crippen LogP contribution in [0.25, 0.3) is 0 Å². The minimum atomic E-state index is -3.08. The van der Waals surface area contributed by atoms with Crippen LogP contribution in [0.4, 0.5) is 0 Å². The lowest BCUT2D eigenvalue weighted by Gasteiger charge is -2.46. The quantitative estimate of drug-likeness (QED) is 0.566. The van der Waals surface area contributed by atoms with Gasteiger partial charge in [0.15, 0.2) is 0 Å². The van der Waals surface area contributed by atoms with E-state index in [1.807, 2.05) is 19.1 Å². The molecule has 178 valence electrons. The fraction of sp³-hybridized carbons (Fsp3) is 0.636. The summed E-state index contributed by atoms with van der Waals surface area (Å²) >= 11 is 7.76. The highest BCUT2D eigenvalue weighted by atomic mass is 35.5. The molecule has 2 heterocycles. The summed E-state index contributed by atoms with van der Waals surface area (Å²) in [4.78, 5) is 2.52. The van der Waals surface area contributed by atoms with Crippen molar-refractivity contribution in [3.05, 3.63) is 44.9 Å². The van der Waals surface area contributed by atoms with Crippen molar-refractivity contribution in [1.29, 1.82) is 0 Å². The van der Waals surface area contributed by atoms with Gasteiger partial charge in [-0.1, -0.05) is 23.7 Å². The molecule has 1 saturated carbocycles. The van der Waals surface area contributed by atoms with Crippen molar-refractivity contribution in [2.45, 2.75) is 63.1 Å². The summed E-state index contributed by atoms with van der Waals surface area (Å²) in [6.07, 6.45) is 6.27. The Balaban J connectivity index is 0.00000289. The van der Waals surface area contributed by atoms with Crippen molar-refractivity contribution in [3.8, 4) is 0 Å². The van der Waals surface area contributed by atoms with Crippen LogP contribution in [0.5, 0.6) is 0 Å². The summed E-state index contributed by atoms with van der Waals surface area (Å²) < 4.78 is 29.7. The molecule has 1 aliphatic carbocycles. The highest BCUT2D eigenvalue weighted by molar-refractivity contribution is 7.90. The Morgan fingerprint density at radius 2 is 1.84 bits per heavy atom. The number of nitrogens with zero attached hydrogens (tertiary/aromatic N) is 3. The minimum Gasteiger partial charge on any atom is -0.374 e. The van der Waals surface area contributed by atoms with Crippen LogP contribution in [0, 0.1) is 6.92 Å². The average molecular weight is 521 g/mol. The van der Waals surface area contributed by atoms with Crippen LogP contribution in [-0.4, -0.2) is 66.9 Å². The Hall–Kier alpha value is -0.770. The summed E-state index contributed by atoms with van der Waals surface area (Å²) in [7, 11) is -3.08. The Morgan fingerprint density at radius 1 is 1.16 bits per heavy atom. The maximum Gasteiger partial charge on any atom is 0.150 e. The maximum absolute atomic E-state index is 11.9. The molecule has 0 bridgehead atoms. The van der Waals surface area contributed by atoms with Gasteiger partial charge in [0.25, 0.3) is 0 Å². The van der Waals surface area contributed by atoms with Crippen LogP contribution >= 0.6 is 35.3 Å². The van der Waals surface area contributed by atoms with Crippen molar-refractivity contribution in [3.63, 3.8) is 0 Å². The number of aryl methyl sites for hydroxylation is 1. The van der Waals surface area contributed by atoms with Crippen LogP contribution in [0.2, 0.25) is 5.02 Å². The Bertz CT molecular complexity index is 977. The van der Waals surface area contributed by atoms with E-state index in [1.165, 1.54) is 11.8 Å². The first kappa shape index (κ1) is 25.8. The van der Waals surface area contributed by atoms with Crippen LogP contribution in [0.15, 0.2) is 24.3 Å². The SMILES string of the molecule is Cc1nnc(C2CCC(N3C[C@H](CS(C)(=O)=O)OC[C@@H]3Cc3ccc(Cl)cc3)CC2)s1.Cl. The minimum absolute atomic E-state index is 0. The fourth-order valence-electron chi connectivity index (χ4n) is 4.87. The van der Waals surface area contributed by atoms with Crippen molar-refractivity contribution >= 4 is 45.2 Å². The number of morpholine rings is 1. The van der Waals surface area contributed by atoms with Gasteiger partial charge >= 0.3 is 0 Å². The molecule has 32 heavy (non-hydrogen) atoms. The van der Waals surface area contributed by atoms with Gasteiger partial charge in [-0.25, -0.2) is 8.42 Å². The number of hydrogen-bond acceptors (Lipinski definition) is 7. The molecular formula is C22H31Cl2N3O3S2. The van der Waals surface area contributed by atoms with Gasteiger partial charge in [-0.15, -0.1) is 33.9 Å². The van der Waals surface area contributed by atoms with Gasteiger partial charge in [-0.2, -0.15) is 0 Å². The molecule has 2 aliphatic rings. The number of aromatic nitrogens is 2. The number of sulfone groups is 1. The molecule has 6 nitrogen and oxygen atoms in total. The van der Waals surface area contributed by atoms with Crippen LogP contribution < -0.4 is 0 Å². The smallest absolute Gasteiger partial charge is 0.150 e. The molecule has 1 saturated heterocycles. The van der Waals surface area contributed by atoms with Crippen molar-refractivity contribution in [2.75, 3.05) is 25.2 Å². The van der Waals surface area contributed by atoms with E-state index in [9.17, 15) is 8.42 Å². The zero-order valence-corrected chi connectivity index (χ0v) is 21.7. The number of rotatable bonds is 6. The molecule has 0 N–H and O–H groups in total. The third-order valence-corrected chi connectivity index (χ3v) is 8.57. The second-order valence-corrected chi connectivity index (χ2v) is 12.7.